The maximum Gasteiger partial charge on any atom is 0.252 e. The molecule has 5 aromatic rings. The van der Waals surface area contributed by atoms with Gasteiger partial charge < -0.3 is 5.32 Å². The first-order valence-electron chi connectivity index (χ1n) is 11.3. The van der Waals surface area contributed by atoms with Crippen LogP contribution in [0.5, 0.6) is 0 Å². The molecule has 0 saturated heterocycles. The Labute approximate surface area is 206 Å². The number of nitrogens with one attached hydrogen (secondary N) is 2. The molecule has 0 radical (unpaired) electrons. The van der Waals surface area contributed by atoms with Crippen LogP contribution in [0.1, 0.15) is 24.8 Å². The SMILES string of the molecule is CCC(C(=O)Nc1cc(-c2cccs2)nn1-c1nc(-c2ccccc2)cc(=O)[nH]1)c1ccccc1. The molecular weight excluding hydrogens is 458 g/mol. The summed E-state index contributed by atoms with van der Waals surface area (Å²) in [6.07, 6.45) is 0.639. The van der Waals surface area contributed by atoms with Crippen LogP contribution in [0, 0.1) is 0 Å². The topological polar surface area (TPSA) is 92.7 Å². The van der Waals surface area contributed by atoms with Gasteiger partial charge in [-0.15, -0.1) is 11.3 Å². The first kappa shape index (κ1) is 22.5. The van der Waals surface area contributed by atoms with Gasteiger partial charge in [0.05, 0.1) is 16.5 Å². The number of hydrogen-bond acceptors (Lipinski definition) is 5. The molecule has 35 heavy (non-hydrogen) atoms. The first-order valence-corrected chi connectivity index (χ1v) is 12.2. The second-order valence-electron chi connectivity index (χ2n) is 7.98. The van der Waals surface area contributed by atoms with Crippen LogP contribution in [0.4, 0.5) is 5.82 Å². The molecule has 3 heterocycles. The maximum absolute atomic E-state index is 13.3. The zero-order valence-electron chi connectivity index (χ0n) is 19.0. The molecule has 0 aliphatic carbocycles. The fourth-order valence-corrected chi connectivity index (χ4v) is 4.63. The Kier molecular flexibility index (Phi) is 6.36. The molecule has 2 aromatic carbocycles. The molecule has 5 rings (SSSR count). The number of carbonyl (C=O) groups excluding carboxylic acids is 1. The number of H-pyrrole nitrogens is 1. The molecule has 0 bridgehead atoms. The third kappa shape index (κ3) is 4.83. The molecule has 174 valence electrons. The molecule has 0 aliphatic rings. The van der Waals surface area contributed by atoms with Crippen molar-refractivity contribution in [2.45, 2.75) is 19.3 Å². The monoisotopic (exact) mass is 481 g/mol. The van der Waals surface area contributed by atoms with Crippen LogP contribution < -0.4 is 10.9 Å². The molecule has 8 heteroatoms. The highest BCUT2D eigenvalue weighted by Crippen LogP contribution is 2.29. The van der Waals surface area contributed by atoms with E-state index in [0.717, 1.165) is 16.0 Å². The lowest BCUT2D eigenvalue weighted by molar-refractivity contribution is -0.117. The second kappa shape index (κ2) is 9.90. The van der Waals surface area contributed by atoms with E-state index in [1.54, 1.807) is 17.4 Å². The summed E-state index contributed by atoms with van der Waals surface area (Å²) in [6, 6.07) is 26.3. The van der Waals surface area contributed by atoms with Gasteiger partial charge in [0, 0.05) is 17.7 Å². The van der Waals surface area contributed by atoms with Crippen molar-refractivity contribution in [2.24, 2.45) is 0 Å². The Bertz CT molecular complexity index is 1490. The maximum atomic E-state index is 13.3. The third-order valence-electron chi connectivity index (χ3n) is 5.66. The van der Waals surface area contributed by atoms with Crippen LogP contribution in [0.25, 0.3) is 27.8 Å². The Morgan fingerprint density at radius 3 is 2.43 bits per heavy atom. The van der Waals surface area contributed by atoms with Crippen LogP contribution in [0.2, 0.25) is 0 Å². The zero-order valence-corrected chi connectivity index (χ0v) is 19.8. The van der Waals surface area contributed by atoms with Gasteiger partial charge in [-0.05, 0) is 23.4 Å². The van der Waals surface area contributed by atoms with E-state index in [-0.39, 0.29) is 23.3 Å². The lowest BCUT2D eigenvalue weighted by atomic mass is 9.96. The van der Waals surface area contributed by atoms with Gasteiger partial charge in [-0.3, -0.25) is 14.6 Å². The predicted octanol–water partition coefficient (Wildman–Crippen LogP) is 5.48. The highest BCUT2D eigenvalue weighted by atomic mass is 32.1. The largest absolute Gasteiger partial charge is 0.310 e. The van der Waals surface area contributed by atoms with Crippen molar-refractivity contribution in [2.75, 3.05) is 5.32 Å². The quantitative estimate of drug-likeness (QED) is 0.322. The average molecular weight is 482 g/mol. The Balaban J connectivity index is 1.57. The molecule has 7 nitrogen and oxygen atoms in total. The van der Waals surface area contributed by atoms with E-state index in [4.69, 9.17) is 0 Å². The van der Waals surface area contributed by atoms with Gasteiger partial charge in [-0.2, -0.15) is 9.78 Å². The van der Waals surface area contributed by atoms with E-state index in [9.17, 15) is 9.59 Å². The van der Waals surface area contributed by atoms with E-state index in [1.807, 2.05) is 85.1 Å². The average Bonchev–Trinajstić information content (AvgIpc) is 3.56. The van der Waals surface area contributed by atoms with Gasteiger partial charge in [-0.25, -0.2) is 4.98 Å². The fraction of sp³-hybridized carbons (Fsp3) is 0.111. The van der Waals surface area contributed by atoms with E-state index in [0.29, 0.717) is 23.6 Å². The van der Waals surface area contributed by atoms with Gasteiger partial charge in [0.1, 0.15) is 11.5 Å². The molecule has 1 atom stereocenters. The number of rotatable bonds is 7. The van der Waals surface area contributed by atoms with E-state index >= 15 is 0 Å². The Hall–Kier alpha value is -4.30. The predicted molar refractivity (Wildman–Crippen MR) is 139 cm³/mol. The number of thiophene rings is 1. The first-order chi connectivity index (χ1) is 17.1. The minimum Gasteiger partial charge on any atom is -0.310 e. The van der Waals surface area contributed by atoms with Gasteiger partial charge >= 0.3 is 0 Å². The lowest BCUT2D eigenvalue weighted by Crippen LogP contribution is -2.23. The number of aromatic nitrogens is 4. The van der Waals surface area contributed by atoms with Crippen LogP contribution in [0.3, 0.4) is 0 Å². The highest BCUT2D eigenvalue weighted by molar-refractivity contribution is 7.13. The molecule has 3 aromatic heterocycles. The van der Waals surface area contributed by atoms with Crippen molar-refractivity contribution in [3.8, 4) is 27.8 Å². The van der Waals surface area contributed by atoms with Crippen molar-refractivity contribution in [3.63, 3.8) is 0 Å². The second-order valence-corrected chi connectivity index (χ2v) is 8.93. The highest BCUT2D eigenvalue weighted by Gasteiger charge is 2.22. The van der Waals surface area contributed by atoms with E-state index in [1.165, 1.54) is 10.7 Å². The molecule has 0 aliphatic heterocycles. The number of amides is 1. The molecule has 1 amide bonds. The third-order valence-corrected chi connectivity index (χ3v) is 6.55. The smallest absolute Gasteiger partial charge is 0.252 e. The van der Waals surface area contributed by atoms with Gasteiger partial charge in [0.15, 0.2) is 0 Å². The molecule has 2 N–H and O–H groups in total. The van der Waals surface area contributed by atoms with Crippen molar-refractivity contribution in [1.29, 1.82) is 0 Å². The zero-order chi connectivity index (χ0) is 24.2. The summed E-state index contributed by atoms with van der Waals surface area (Å²) in [5.74, 6) is 0.176. The molecule has 1 unspecified atom stereocenters. The van der Waals surface area contributed by atoms with Crippen molar-refractivity contribution in [3.05, 3.63) is 106 Å². The summed E-state index contributed by atoms with van der Waals surface area (Å²) < 4.78 is 1.48. The van der Waals surface area contributed by atoms with Crippen molar-refractivity contribution < 1.29 is 4.79 Å². The normalized spacial score (nSPS) is 11.8. The van der Waals surface area contributed by atoms with E-state index < -0.39 is 0 Å². The summed E-state index contributed by atoms with van der Waals surface area (Å²) in [7, 11) is 0. The minimum atomic E-state index is -0.326. The summed E-state index contributed by atoms with van der Waals surface area (Å²) in [4.78, 5) is 34.2. The molecule has 0 spiro atoms. The van der Waals surface area contributed by atoms with Gasteiger partial charge in [-0.1, -0.05) is 73.7 Å². The van der Waals surface area contributed by atoms with Crippen molar-refractivity contribution in [1.82, 2.24) is 19.7 Å². The number of hydrogen-bond donors (Lipinski definition) is 2. The summed E-state index contributed by atoms with van der Waals surface area (Å²) >= 11 is 1.54. The molecule has 0 fully saturated rings. The van der Waals surface area contributed by atoms with Crippen LogP contribution in [-0.4, -0.2) is 25.7 Å². The summed E-state index contributed by atoms with van der Waals surface area (Å²) in [5, 5.41) is 9.68. The van der Waals surface area contributed by atoms with Gasteiger partial charge in [0.25, 0.3) is 5.56 Å². The number of anilines is 1. The van der Waals surface area contributed by atoms with Crippen LogP contribution in [-0.2, 0) is 4.79 Å². The standard InChI is InChI=1S/C27H23N5O2S/c1-2-20(18-10-5-3-6-11-18)26(34)29-24-16-22(23-14-9-15-35-23)31-32(24)27-28-21(17-25(33)30-27)19-12-7-4-8-13-19/h3-17,20H,2H2,1H3,(H,29,34)(H,28,30,33). The van der Waals surface area contributed by atoms with E-state index in [2.05, 4.69) is 20.4 Å². The summed E-state index contributed by atoms with van der Waals surface area (Å²) in [5.41, 5.74) is 2.64. The van der Waals surface area contributed by atoms with Crippen molar-refractivity contribution >= 4 is 23.1 Å². The van der Waals surface area contributed by atoms with Gasteiger partial charge in [0.2, 0.25) is 11.9 Å². The fourth-order valence-electron chi connectivity index (χ4n) is 3.95. The Morgan fingerprint density at radius 1 is 1.00 bits per heavy atom. The number of benzene rings is 2. The number of aromatic amines is 1. The number of nitrogens with zero attached hydrogens (tertiary/aromatic N) is 3. The molecule has 0 saturated carbocycles. The van der Waals surface area contributed by atoms with Crippen LogP contribution >= 0.6 is 11.3 Å². The lowest BCUT2D eigenvalue weighted by Gasteiger charge is -2.16. The summed E-state index contributed by atoms with van der Waals surface area (Å²) in [6.45, 7) is 1.98. The minimum absolute atomic E-state index is 0.154. The van der Waals surface area contributed by atoms with Crippen LogP contribution in [0.15, 0.2) is 95.1 Å². The Morgan fingerprint density at radius 2 is 1.74 bits per heavy atom. The number of carbonyl (C=O) groups is 1. The molecular formula is C27H23N5O2S.